The van der Waals surface area contributed by atoms with E-state index < -0.39 is 0 Å². The average Bonchev–Trinajstić information content (AvgIpc) is 3.04. The van der Waals surface area contributed by atoms with Crippen molar-refractivity contribution in [1.82, 2.24) is 4.90 Å². The van der Waals surface area contributed by atoms with Gasteiger partial charge in [0.05, 0.1) is 0 Å². The zero-order valence-electron chi connectivity index (χ0n) is 29.2. The van der Waals surface area contributed by atoms with E-state index in [-0.39, 0.29) is 0 Å². The number of hydrogen-bond donors (Lipinski definition) is 0. The number of anilines is 2. The van der Waals surface area contributed by atoms with Gasteiger partial charge in [-0.15, -0.1) is 0 Å². The first-order valence-corrected chi connectivity index (χ1v) is 19.1. The second-order valence-electron chi connectivity index (χ2n) is 12.1. The molecule has 0 aliphatic carbocycles. The van der Waals surface area contributed by atoms with Crippen molar-refractivity contribution in [1.29, 1.82) is 0 Å². The van der Waals surface area contributed by atoms with Crippen molar-refractivity contribution < 1.29 is 4.57 Å². The van der Waals surface area contributed by atoms with Gasteiger partial charge >= 0.3 is 0 Å². The van der Waals surface area contributed by atoms with E-state index in [0.717, 1.165) is 37.7 Å². The van der Waals surface area contributed by atoms with E-state index in [1.54, 1.807) is 0 Å². The first-order chi connectivity index (χ1) is 22.2. The third kappa shape index (κ3) is 10.1. The molecule has 244 valence electrons. The van der Waals surface area contributed by atoms with Crippen LogP contribution in [0.1, 0.15) is 55.8 Å². The van der Waals surface area contributed by atoms with E-state index in [4.69, 9.17) is 0 Å². The molecule has 0 radical (unpaired) electrons. The van der Waals surface area contributed by atoms with Gasteiger partial charge in [-0.2, -0.15) is 0 Å². The molecule has 6 heteroatoms. The molecule has 0 saturated carbocycles. The van der Waals surface area contributed by atoms with Crippen LogP contribution in [0.4, 0.5) is 11.4 Å². The summed E-state index contributed by atoms with van der Waals surface area (Å²) in [7, 11) is 8.30. The van der Waals surface area contributed by atoms with Crippen LogP contribution in [-0.4, -0.2) is 56.2 Å². The molecule has 1 aliphatic heterocycles. The van der Waals surface area contributed by atoms with Crippen LogP contribution in [0.5, 0.6) is 0 Å². The molecule has 1 aliphatic rings. The van der Waals surface area contributed by atoms with Crippen molar-refractivity contribution in [3.8, 4) is 0 Å². The highest BCUT2D eigenvalue weighted by atomic mass is 33.1. The number of nitrogens with zero attached hydrogens (tertiary/aromatic N) is 4. The van der Waals surface area contributed by atoms with Gasteiger partial charge in [0.2, 0.25) is 0 Å². The zero-order chi connectivity index (χ0) is 33.1. The quantitative estimate of drug-likeness (QED) is 0.0919. The van der Waals surface area contributed by atoms with E-state index in [9.17, 15) is 0 Å². The largest absolute Gasteiger partial charge is 0.374 e. The fourth-order valence-electron chi connectivity index (χ4n) is 6.05. The Kier molecular flexibility index (Phi) is 13.5. The molecule has 0 N–H and O–H groups in total. The number of allylic oxidation sites excluding steroid dienone is 4. The number of rotatable bonds is 15. The Morgan fingerprint density at radius 1 is 0.717 bits per heavy atom. The maximum Gasteiger partial charge on any atom is 0.179 e. The van der Waals surface area contributed by atoms with Gasteiger partial charge in [-0.3, -0.25) is 0 Å². The summed E-state index contributed by atoms with van der Waals surface area (Å²) < 4.78 is 2.34. The Hall–Kier alpha value is -3.35. The Labute approximate surface area is 287 Å². The maximum atomic E-state index is 2.42. The first-order valence-electron chi connectivity index (χ1n) is 16.6. The van der Waals surface area contributed by atoms with Gasteiger partial charge < -0.3 is 14.7 Å². The minimum absolute atomic E-state index is 0.441. The standard InChI is InChI=1S/C40H53N4S2/c1-9-43-31(3)27-37(28-32(43)4)13-11-35-15-19-39(20-16-35)41(7)23-25-45-46-26-24-42(8)40-21-17-36(18-22-40)12-14-38-29-33(5)44(10-2)34(6)30-38/h11-22,27-31H,9-10,23-26H2,1-8H3/q+1/b13-11+. The molecule has 0 saturated heterocycles. The fraction of sp³-hybridized carbons (Fsp3) is 0.375. The summed E-state index contributed by atoms with van der Waals surface area (Å²) in [6.07, 6.45) is 13.5. The van der Waals surface area contributed by atoms with Crippen LogP contribution in [-0.2, 0) is 6.54 Å². The van der Waals surface area contributed by atoms with Gasteiger partial charge in [0.25, 0.3) is 0 Å². The zero-order valence-corrected chi connectivity index (χ0v) is 30.8. The predicted octanol–water partition coefficient (Wildman–Crippen LogP) is 9.30. The van der Waals surface area contributed by atoms with Gasteiger partial charge in [-0.05, 0) is 80.3 Å². The Bertz CT molecular complexity index is 1510. The molecule has 0 spiro atoms. The Balaban J connectivity index is 1.14. The predicted molar refractivity (Wildman–Crippen MR) is 208 cm³/mol. The molecule has 1 unspecified atom stereocenters. The van der Waals surface area contributed by atoms with Crippen molar-refractivity contribution in [2.45, 2.75) is 54.1 Å². The summed E-state index contributed by atoms with van der Waals surface area (Å²) in [5.41, 5.74) is 11.5. The van der Waals surface area contributed by atoms with E-state index in [1.165, 1.54) is 50.7 Å². The molecular formula is C40H53N4S2+. The Morgan fingerprint density at radius 3 is 1.65 bits per heavy atom. The van der Waals surface area contributed by atoms with E-state index in [0.29, 0.717) is 6.04 Å². The molecule has 4 rings (SSSR count). The molecule has 0 bridgehead atoms. The number of hydrogen-bond acceptors (Lipinski definition) is 5. The number of benzene rings is 2. The highest BCUT2D eigenvalue weighted by Gasteiger charge is 2.14. The molecular weight excluding hydrogens is 601 g/mol. The van der Waals surface area contributed by atoms with Gasteiger partial charge in [-0.1, -0.05) is 76.2 Å². The third-order valence-electron chi connectivity index (χ3n) is 8.72. The van der Waals surface area contributed by atoms with Crippen molar-refractivity contribution in [2.24, 2.45) is 0 Å². The van der Waals surface area contributed by atoms with Crippen LogP contribution in [0.15, 0.2) is 90.2 Å². The summed E-state index contributed by atoms with van der Waals surface area (Å²) in [6, 6.07) is 22.7. The molecule has 4 nitrogen and oxygen atoms in total. The van der Waals surface area contributed by atoms with E-state index in [1.807, 2.05) is 21.6 Å². The lowest BCUT2D eigenvalue weighted by molar-refractivity contribution is -0.705. The van der Waals surface area contributed by atoms with Crippen LogP contribution in [0.2, 0.25) is 0 Å². The van der Waals surface area contributed by atoms with Crippen LogP contribution >= 0.6 is 21.6 Å². The maximum absolute atomic E-state index is 2.42. The summed E-state index contributed by atoms with van der Waals surface area (Å²) in [5.74, 6) is 2.19. The number of likely N-dealkylation sites (N-methyl/N-ethyl adjacent to an activating group) is 1. The molecule has 1 aromatic heterocycles. The monoisotopic (exact) mass is 653 g/mol. The van der Waals surface area contributed by atoms with Gasteiger partial charge in [0.1, 0.15) is 6.54 Å². The highest BCUT2D eigenvalue weighted by Crippen LogP contribution is 2.25. The highest BCUT2D eigenvalue weighted by molar-refractivity contribution is 8.76. The topological polar surface area (TPSA) is 13.6 Å². The third-order valence-corrected chi connectivity index (χ3v) is 11.1. The smallest absolute Gasteiger partial charge is 0.179 e. The molecule has 0 fully saturated rings. The fourth-order valence-corrected chi connectivity index (χ4v) is 8.13. The summed E-state index contributed by atoms with van der Waals surface area (Å²) >= 11 is 0. The van der Waals surface area contributed by atoms with Crippen LogP contribution in [0.25, 0.3) is 18.2 Å². The molecule has 0 amide bonds. The second-order valence-corrected chi connectivity index (χ2v) is 14.8. The molecule has 1 atom stereocenters. The van der Waals surface area contributed by atoms with Crippen molar-refractivity contribution >= 4 is 51.2 Å². The molecule has 2 heterocycles. The lowest BCUT2D eigenvalue weighted by Gasteiger charge is -2.32. The summed E-state index contributed by atoms with van der Waals surface area (Å²) in [5, 5.41) is 0. The van der Waals surface area contributed by atoms with Crippen molar-refractivity contribution in [3.05, 3.63) is 118 Å². The SMILES string of the molecule is CCN1C(C)=CC(/C=C/c2ccc(N(C)CCSSCCN(C)c3ccc(/C=C/c4cc(C)[n+](CC)c(C)c4)cc3)cc2)=CC1C. The van der Waals surface area contributed by atoms with Gasteiger partial charge in [0, 0.05) is 94.3 Å². The van der Waals surface area contributed by atoms with Gasteiger partial charge in [-0.25, -0.2) is 4.57 Å². The first kappa shape index (κ1) is 35.5. The minimum atomic E-state index is 0.441. The lowest BCUT2D eigenvalue weighted by atomic mass is 10.0. The summed E-state index contributed by atoms with van der Waals surface area (Å²) in [6.45, 7) is 17.4. The molecule has 3 aromatic rings. The minimum Gasteiger partial charge on any atom is -0.374 e. The van der Waals surface area contributed by atoms with E-state index >= 15 is 0 Å². The molecule has 2 aromatic carbocycles. The normalized spacial score (nSPS) is 15.0. The number of aromatic nitrogens is 1. The van der Waals surface area contributed by atoms with E-state index in [2.05, 4.69) is 172 Å². The number of aryl methyl sites for hydroxylation is 2. The lowest BCUT2D eigenvalue weighted by Crippen LogP contribution is -2.39. The second kappa shape index (κ2) is 17.5. The van der Waals surface area contributed by atoms with Crippen molar-refractivity contribution in [2.75, 3.05) is 55.0 Å². The van der Waals surface area contributed by atoms with Crippen LogP contribution < -0.4 is 14.4 Å². The number of pyridine rings is 1. The van der Waals surface area contributed by atoms with Crippen LogP contribution in [0.3, 0.4) is 0 Å². The van der Waals surface area contributed by atoms with Gasteiger partial charge in [0.15, 0.2) is 11.4 Å². The summed E-state index contributed by atoms with van der Waals surface area (Å²) in [4.78, 5) is 7.12. The molecule has 46 heavy (non-hydrogen) atoms. The Morgan fingerprint density at radius 2 is 1.20 bits per heavy atom. The van der Waals surface area contributed by atoms with Crippen LogP contribution in [0, 0.1) is 13.8 Å². The van der Waals surface area contributed by atoms with Crippen molar-refractivity contribution in [3.63, 3.8) is 0 Å². The average molecular weight is 654 g/mol.